The zero-order chi connectivity index (χ0) is 17.2. The van der Waals surface area contributed by atoms with Gasteiger partial charge >= 0.3 is 0 Å². The van der Waals surface area contributed by atoms with Crippen LogP contribution in [0.25, 0.3) is 16.6 Å². The zero-order valence-corrected chi connectivity index (χ0v) is 15.2. The number of pyridine rings is 1. The standard InChI is InChI=1S/C18H25N3O2S/c1-3-10-20-14-17(16-6-5-9-19-18(16)20)15-7-11-21(12-8-15)24(22,23)13-4-2/h5-7,9,14H,3-4,8,10-13H2,1-2H3. The molecule has 0 N–H and O–H groups in total. The van der Waals surface area contributed by atoms with Crippen LogP contribution < -0.4 is 0 Å². The molecular formula is C18H25N3O2S. The van der Waals surface area contributed by atoms with Crippen molar-refractivity contribution >= 4 is 26.6 Å². The third-order valence-electron chi connectivity index (χ3n) is 4.47. The van der Waals surface area contributed by atoms with Gasteiger partial charge in [-0.3, -0.25) is 0 Å². The average Bonchev–Trinajstić information content (AvgIpc) is 2.94. The Labute approximate surface area is 144 Å². The first-order valence-corrected chi connectivity index (χ1v) is 10.3. The van der Waals surface area contributed by atoms with Gasteiger partial charge in [0.25, 0.3) is 0 Å². The molecule has 0 spiro atoms. The predicted octanol–water partition coefficient (Wildman–Crippen LogP) is 3.28. The van der Waals surface area contributed by atoms with Crippen LogP contribution in [-0.2, 0) is 16.6 Å². The van der Waals surface area contributed by atoms with Gasteiger partial charge in [-0.25, -0.2) is 13.4 Å². The Morgan fingerprint density at radius 3 is 2.75 bits per heavy atom. The first-order valence-electron chi connectivity index (χ1n) is 8.68. The van der Waals surface area contributed by atoms with Crippen LogP contribution in [0.15, 0.2) is 30.6 Å². The van der Waals surface area contributed by atoms with Gasteiger partial charge in [-0.05, 0) is 37.0 Å². The molecule has 0 unspecified atom stereocenters. The molecule has 3 rings (SSSR count). The molecular weight excluding hydrogens is 322 g/mol. The highest BCUT2D eigenvalue weighted by Gasteiger charge is 2.24. The van der Waals surface area contributed by atoms with E-state index in [0.29, 0.717) is 19.5 Å². The maximum absolute atomic E-state index is 12.2. The Bertz CT molecular complexity index is 852. The van der Waals surface area contributed by atoms with Gasteiger partial charge < -0.3 is 4.57 Å². The fraction of sp³-hybridized carbons (Fsp3) is 0.500. The van der Waals surface area contributed by atoms with Crippen molar-refractivity contribution in [3.63, 3.8) is 0 Å². The van der Waals surface area contributed by atoms with E-state index < -0.39 is 10.0 Å². The molecule has 6 heteroatoms. The third kappa shape index (κ3) is 3.26. The summed E-state index contributed by atoms with van der Waals surface area (Å²) in [7, 11) is -3.11. The molecule has 2 aromatic rings. The molecule has 0 bridgehead atoms. The van der Waals surface area contributed by atoms with Crippen molar-refractivity contribution in [3.8, 4) is 0 Å². The Hall–Kier alpha value is -1.66. The number of rotatable bonds is 6. The molecule has 1 aliphatic rings. The highest BCUT2D eigenvalue weighted by molar-refractivity contribution is 7.89. The lowest BCUT2D eigenvalue weighted by molar-refractivity contribution is 0.440. The number of hydrogen-bond acceptors (Lipinski definition) is 3. The summed E-state index contributed by atoms with van der Waals surface area (Å²) in [4.78, 5) is 4.52. The van der Waals surface area contributed by atoms with Crippen molar-refractivity contribution in [1.29, 1.82) is 0 Å². The van der Waals surface area contributed by atoms with Crippen molar-refractivity contribution < 1.29 is 8.42 Å². The largest absolute Gasteiger partial charge is 0.332 e. The van der Waals surface area contributed by atoms with Crippen LogP contribution in [-0.4, -0.2) is 41.1 Å². The van der Waals surface area contributed by atoms with E-state index in [1.807, 2.05) is 19.2 Å². The topological polar surface area (TPSA) is 55.2 Å². The van der Waals surface area contributed by atoms with E-state index in [0.717, 1.165) is 30.4 Å². The monoisotopic (exact) mass is 347 g/mol. The van der Waals surface area contributed by atoms with E-state index in [-0.39, 0.29) is 5.75 Å². The van der Waals surface area contributed by atoms with E-state index in [9.17, 15) is 8.42 Å². The Balaban J connectivity index is 1.91. The summed E-state index contributed by atoms with van der Waals surface area (Å²) < 4.78 is 28.2. The minimum Gasteiger partial charge on any atom is -0.332 e. The quantitative estimate of drug-likeness (QED) is 0.806. The van der Waals surface area contributed by atoms with Crippen LogP contribution in [0.5, 0.6) is 0 Å². The van der Waals surface area contributed by atoms with Crippen molar-refractivity contribution in [2.75, 3.05) is 18.8 Å². The Morgan fingerprint density at radius 2 is 2.08 bits per heavy atom. The smallest absolute Gasteiger partial charge is 0.214 e. The summed E-state index contributed by atoms with van der Waals surface area (Å²) in [6, 6.07) is 4.06. The summed E-state index contributed by atoms with van der Waals surface area (Å²) in [5, 5.41) is 1.15. The summed E-state index contributed by atoms with van der Waals surface area (Å²) in [6.07, 6.45) is 8.53. The minimum absolute atomic E-state index is 0.232. The second-order valence-corrected chi connectivity index (χ2v) is 8.35. The van der Waals surface area contributed by atoms with Crippen LogP contribution in [0, 0.1) is 0 Å². The first-order chi connectivity index (χ1) is 11.6. The van der Waals surface area contributed by atoms with Crippen LogP contribution in [0.3, 0.4) is 0 Å². The van der Waals surface area contributed by atoms with E-state index in [2.05, 4.69) is 34.8 Å². The van der Waals surface area contributed by atoms with E-state index >= 15 is 0 Å². The lowest BCUT2D eigenvalue weighted by atomic mass is 10.0. The number of sulfonamides is 1. The summed E-state index contributed by atoms with van der Waals surface area (Å²) in [6.45, 7) is 6.04. The number of hydrogen-bond donors (Lipinski definition) is 0. The van der Waals surface area contributed by atoms with Gasteiger partial charge in [0.2, 0.25) is 10.0 Å². The van der Waals surface area contributed by atoms with Gasteiger partial charge in [0, 0.05) is 43.0 Å². The van der Waals surface area contributed by atoms with Gasteiger partial charge in [-0.1, -0.05) is 19.9 Å². The van der Waals surface area contributed by atoms with Crippen molar-refractivity contribution in [2.45, 2.75) is 39.7 Å². The maximum Gasteiger partial charge on any atom is 0.214 e. The van der Waals surface area contributed by atoms with E-state index in [4.69, 9.17) is 0 Å². The van der Waals surface area contributed by atoms with Gasteiger partial charge in [0.1, 0.15) is 5.65 Å². The number of aryl methyl sites for hydroxylation is 1. The number of aromatic nitrogens is 2. The van der Waals surface area contributed by atoms with Crippen LogP contribution in [0.4, 0.5) is 0 Å². The molecule has 0 fully saturated rings. The summed E-state index contributed by atoms with van der Waals surface area (Å²) in [5.74, 6) is 0.232. The minimum atomic E-state index is -3.11. The zero-order valence-electron chi connectivity index (χ0n) is 14.4. The van der Waals surface area contributed by atoms with E-state index in [1.54, 1.807) is 4.31 Å². The lowest BCUT2D eigenvalue weighted by Gasteiger charge is -2.25. The molecule has 130 valence electrons. The molecule has 0 radical (unpaired) electrons. The predicted molar refractivity (Wildman–Crippen MR) is 98.3 cm³/mol. The van der Waals surface area contributed by atoms with Crippen molar-refractivity contribution in [2.24, 2.45) is 0 Å². The van der Waals surface area contributed by atoms with Crippen molar-refractivity contribution in [1.82, 2.24) is 13.9 Å². The molecule has 3 heterocycles. The molecule has 24 heavy (non-hydrogen) atoms. The second-order valence-electron chi connectivity index (χ2n) is 6.26. The lowest BCUT2D eigenvalue weighted by Crippen LogP contribution is -2.36. The maximum atomic E-state index is 12.2. The molecule has 0 saturated carbocycles. The highest BCUT2D eigenvalue weighted by atomic mass is 32.2. The molecule has 5 nitrogen and oxygen atoms in total. The molecule has 1 aliphatic heterocycles. The third-order valence-corrected chi connectivity index (χ3v) is 6.51. The molecule has 0 amide bonds. The molecule has 0 aromatic carbocycles. The Kier molecular flexibility index (Phi) is 5.06. The van der Waals surface area contributed by atoms with Gasteiger partial charge in [-0.15, -0.1) is 0 Å². The highest BCUT2D eigenvalue weighted by Crippen LogP contribution is 2.30. The van der Waals surface area contributed by atoms with Gasteiger partial charge in [0.15, 0.2) is 0 Å². The summed E-state index contributed by atoms with van der Waals surface area (Å²) >= 11 is 0. The fourth-order valence-corrected chi connectivity index (χ4v) is 4.77. The van der Waals surface area contributed by atoms with Gasteiger partial charge in [0.05, 0.1) is 5.75 Å². The SMILES string of the molecule is CCCn1cc(C2=CCN(S(=O)(=O)CCC)CC2)c2cccnc21. The van der Waals surface area contributed by atoms with Crippen LogP contribution >= 0.6 is 0 Å². The van der Waals surface area contributed by atoms with Crippen molar-refractivity contribution in [3.05, 3.63) is 36.2 Å². The Morgan fingerprint density at radius 1 is 1.25 bits per heavy atom. The average molecular weight is 347 g/mol. The molecule has 0 aliphatic carbocycles. The fourth-order valence-electron chi connectivity index (χ4n) is 3.32. The normalized spacial score (nSPS) is 16.5. The summed E-state index contributed by atoms with van der Waals surface area (Å²) in [5.41, 5.74) is 3.43. The molecule has 0 saturated heterocycles. The number of fused-ring (bicyclic) bond motifs is 1. The second kappa shape index (κ2) is 7.07. The first kappa shape index (κ1) is 17.2. The van der Waals surface area contributed by atoms with Gasteiger partial charge in [-0.2, -0.15) is 4.31 Å². The molecule has 2 aromatic heterocycles. The number of nitrogens with zero attached hydrogens (tertiary/aromatic N) is 3. The van der Waals surface area contributed by atoms with Crippen LogP contribution in [0.1, 0.15) is 38.7 Å². The van der Waals surface area contributed by atoms with E-state index in [1.165, 1.54) is 11.1 Å². The molecule has 0 atom stereocenters. The van der Waals surface area contributed by atoms with Crippen LogP contribution in [0.2, 0.25) is 0 Å².